The second kappa shape index (κ2) is 6.39. The summed E-state index contributed by atoms with van der Waals surface area (Å²) in [5, 5.41) is 17.4. The molecule has 0 saturated heterocycles. The second-order valence-electron chi connectivity index (χ2n) is 5.17. The van der Waals surface area contributed by atoms with Crippen LogP contribution in [0.15, 0.2) is 30.9 Å². The van der Waals surface area contributed by atoms with Crippen molar-refractivity contribution in [3.8, 4) is 5.82 Å². The Balaban J connectivity index is 1.64. The average Bonchev–Trinajstić information content (AvgIpc) is 3.20. The number of nitrogens with one attached hydrogen (secondary N) is 2. The minimum Gasteiger partial charge on any atom is -0.350 e. The van der Waals surface area contributed by atoms with Gasteiger partial charge in [0.1, 0.15) is 24.2 Å². The van der Waals surface area contributed by atoms with Crippen molar-refractivity contribution < 1.29 is 4.79 Å². The van der Waals surface area contributed by atoms with E-state index >= 15 is 0 Å². The van der Waals surface area contributed by atoms with Crippen LogP contribution in [0.2, 0.25) is 0 Å². The predicted molar refractivity (Wildman–Crippen MR) is 83.3 cm³/mol. The third-order valence-electron chi connectivity index (χ3n) is 3.59. The molecule has 0 spiro atoms. The Morgan fingerprint density at radius 2 is 2.04 bits per heavy atom. The van der Waals surface area contributed by atoms with E-state index in [1.54, 1.807) is 22.8 Å². The van der Waals surface area contributed by atoms with Gasteiger partial charge in [-0.25, -0.2) is 4.98 Å². The molecule has 2 N–H and O–H groups in total. The molecule has 0 atom stereocenters. The van der Waals surface area contributed by atoms with Gasteiger partial charge < -0.3 is 5.32 Å². The van der Waals surface area contributed by atoms with Crippen molar-refractivity contribution in [3.05, 3.63) is 53.5 Å². The van der Waals surface area contributed by atoms with E-state index in [4.69, 9.17) is 0 Å². The van der Waals surface area contributed by atoms with Crippen molar-refractivity contribution in [1.29, 1.82) is 0 Å². The minimum absolute atomic E-state index is 0.210. The predicted octanol–water partition coefficient (Wildman–Crippen LogP) is 0.975. The monoisotopic (exact) mass is 311 g/mol. The van der Waals surface area contributed by atoms with Crippen LogP contribution in [-0.4, -0.2) is 42.4 Å². The van der Waals surface area contributed by atoms with Crippen LogP contribution in [-0.2, 0) is 6.42 Å². The number of pyridine rings is 1. The van der Waals surface area contributed by atoms with Crippen LogP contribution in [0, 0.1) is 13.8 Å². The maximum atomic E-state index is 12.2. The summed E-state index contributed by atoms with van der Waals surface area (Å²) in [6.45, 7) is 4.45. The van der Waals surface area contributed by atoms with Gasteiger partial charge in [0.15, 0.2) is 0 Å². The summed E-state index contributed by atoms with van der Waals surface area (Å²) < 4.78 is 1.65. The third-order valence-corrected chi connectivity index (χ3v) is 3.59. The molecule has 3 aromatic rings. The number of rotatable bonds is 5. The molecule has 0 bridgehead atoms. The quantitative estimate of drug-likeness (QED) is 0.731. The third kappa shape index (κ3) is 3.25. The largest absolute Gasteiger partial charge is 0.350 e. The summed E-state index contributed by atoms with van der Waals surface area (Å²) >= 11 is 0. The molecule has 0 aliphatic heterocycles. The number of hydrogen-bond acceptors (Lipinski definition) is 5. The number of amides is 1. The average molecular weight is 311 g/mol. The van der Waals surface area contributed by atoms with Crippen molar-refractivity contribution in [3.63, 3.8) is 0 Å². The van der Waals surface area contributed by atoms with Crippen molar-refractivity contribution in [2.45, 2.75) is 20.3 Å². The van der Waals surface area contributed by atoms with E-state index in [0.717, 1.165) is 23.4 Å². The minimum atomic E-state index is -0.210. The van der Waals surface area contributed by atoms with Crippen LogP contribution in [0.4, 0.5) is 0 Å². The fourth-order valence-electron chi connectivity index (χ4n) is 2.35. The Bertz CT molecular complexity index is 788. The summed E-state index contributed by atoms with van der Waals surface area (Å²) in [4.78, 5) is 16.5. The van der Waals surface area contributed by atoms with Gasteiger partial charge in [0.2, 0.25) is 0 Å². The first-order valence-electron chi connectivity index (χ1n) is 7.26. The molecule has 23 heavy (non-hydrogen) atoms. The zero-order chi connectivity index (χ0) is 16.2. The number of carbonyl (C=O) groups is 1. The van der Waals surface area contributed by atoms with Gasteiger partial charge in [-0.1, -0.05) is 6.07 Å². The van der Waals surface area contributed by atoms with Crippen LogP contribution >= 0.6 is 0 Å². The molecule has 0 saturated carbocycles. The molecular formula is C15H17N7O. The molecule has 3 aromatic heterocycles. The second-order valence-corrected chi connectivity index (χ2v) is 5.17. The van der Waals surface area contributed by atoms with E-state index in [1.165, 1.54) is 12.7 Å². The van der Waals surface area contributed by atoms with Crippen LogP contribution in [0.3, 0.4) is 0 Å². The molecule has 0 fully saturated rings. The summed E-state index contributed by atoms with van der Waals surface area (Å²) in [5.74, 6) is 0.392. The van der Waals surface area contributed by atoms with E-state index in [1.807, 2.05) is 13.8 Å². The van der Waals surface area contributed by atoms with E-state index in [0.29, 0.717) is 18.1 Å². The highest BCUT2D eigenvalue weighted by atomic mass is 16.1. The van der Waals surface area contributed by atoms with E-state index < -0.39 is 0 Å². The summed E-state index contributed by atoms with van der Waals surface area (Å²) in [6.07, 6.45) is 3.80. The lowest BCUT2D eigenvalue weighted by Crippen LogP contribution is -2.27. The summed E-state index contributed by atoms with van der Waals surface area (Å²) in [6, 6.07) is 5.25. The number of aromatic amines is 1. The molecule has 0 unspecified atom stereocenters. The zero-order valence-corrected chi connectivity index (χ0v) is 12.9. The molecule has 0 aromatic carbocycles. The number of aryl methyl sites for hydroxylation is 2. The lowest BCUT2D eigenvalue weighted by molar-refractivity contribution is 0.0949. The summed E-state index contributed by atoms with van der Waals surface area (Å²) in [5.41, 5.74) is 3.49. The topological polar surface area (TPSA) is 101 Å². The van der Waals surface area contributed by atoms with Gasteiger partial charge in [0, 0.05) is 12.2 Å². The molecule has 0 aliphatic carbocycles. The van der Waals surface area contributed by atoms with Crippen molar-refractivity contribution >= 4 is 5.91 Å². The first-order chi connectivity index (χ1) is 11.1. The molecule has 3 heterocycles. The number of carbonyl (C=O) groups excluding carboxylic acids is 1. The van der Waals surface area contributed by atoms with Crippen LogP contribution in [0.5, 0.6) is 0 Å². The van der Waals surface area contributed by atoms with Gasteiger partial charge in [-0.05, 0) is 38.0 Å². The molecular weight excluding hydrogens is 294 g/mol. The Labute approximate surface area is 133 Å². The van der Waals surface area contributed by atoms with Gasteiger partial charge in [0.25, 0.3) is 5.91 Å². The Hall–Kier alpha value is -3.03. The van der Waals surface area contributed by atoms with E-state index in [-0.39, 0.29) is 5.91 Å². The summed E-state index contributed by atoms with van der Waals surface area (Å²) in [7, 11) is 0. The molecule has 0 aliphatic rings. The van der Waals surface area contributed by atoms with Crippen molar-refractivity contribution in [1.82, 2.24) is 35.3 Å². The maximum Gasteiger partial charge on any atom is 0.269 e. The highest BCUT2D eigenvalue weighted by Crippen LogP contribution is 2.09. The fourth-order valence-corrected chi connectivity index (χ4v) is 2.35. The molecule has 118 valence electrons. The first kappa shape index (κ1) is 14.9. The standard InChI is InChI=1S/C15H17N7O/c1-10-12(11(2)21-20-10)6-7-16-15(23)13-4-3-5-14(19-13)22-8-17-18-9-22/h3-5,8-9H,6-7H2,1-2H3,(H,16,23)(H,20,21). The lowest BCUT2D eigenvalue weighted by Gasteiger charge is -2.06. The molecule has 3 rings (SSSR count). The lowest BCUT2D eigenvalue weighted by atomic mass is 10.1. The highest BCUT2D eigenvalue weighted by molar-refractivity contribution is 5.92. The van der Waals surface area contributed by atoms with E-state index in [2.05, 4.69) is 30.7 Å². The van der Waals surface area contributed by atoms with Crippen molar-refractivity contribution in [2.75, 3.05) is 6.54 Å². The highest BCUT2D eigenvalue weighted by Gasteiger charge is 2.10. The molecule has 1 amide bonds. The zero-order valence-electron chi connectivity index (χ0n) is 12.9. The molecule has 8 nitrogen and oxygen atoms in total. The van der Waals surface area contributed by atoms with Gasteiger partial charge in [-0.15, -0.1) is 10.2 Å². The van der Waals surface area contributed by atoms with Gasteiger partial charge in [-0.3, -0.25) is 14.5 Å². The van der Waals surface area contributed by atoms with Crippen LogP contribution in [0.25, 0.3) is 5.82 Å². The number of nitrogens with zero attached hydrogens (tertiary/aromatic N) is 5. The molecule has 0 radical (unpaired) electrons. The first-order valence-corrected chi connectivity index (χ1v) is 7.26. The van der Waals surface area contributed by atoms with Crippen LogP contribution in [0.1, 0.15) is 27.4 Å². The SMILES string of the molecule is Cc1n[nH]c(C)c1CCNC(=O)c1cccc(-n2cnnc2)n1. The van der Waals surface area contributed by atoms with Crippen molar-refractivity contribution in [2.24, 2.45) is 0 Å². The van der Waals surface area contributed by atoms with Crippen LogP contribution < -0.4 is 5.32 Å². The molecule has 8 heteroatoms. The maximum absolute atomic E-state index is 12.2. The van der Waals surface area contributed by atoms with Gasteiger partial charge in [0.05, 0.1) is 5.69 Å². The fraction of sp³-hybridized carbons (Fsp3) is 0.267. The Morgan fingerprint density at radius 1 is 1.26 bits per heavy atom. The number of H-pyrrole nitrogens is 1. The van der Waals surface area contributed by atoms with Gasteiger partial charge in [-0.2, -0.15) is 5.10 Å². The Morgan fingerprint density at radius 3 is 2.74 bits per heavy atom. The normalized spacial score (nSPS) is 10.7. The van der Waals surface area contributed by atoms with E-state index in [9.17, 15) is 4.79 Å². The number of hydrogen-bond donors (Lipinski definition) is 2. The number of aromatic nitrogens is 6. The van der Waals surface area contributed by atoms with Gasteiger partial charge >= 0.3 is 0 Å². The Kier molecular flexibility index (Phi) is 4.13. The smallest absolute Gasteiger partial charge is 0.269 e.